The van der Waals surface area contributed by atoms with Crippen LogP contribution in [0.5, 0.6) is 11.5 Å². The highest BCUT2D eigenvalue weighted by atomic mass is 31.2. The van der Waals surface area contributed by atoms with Crippen molar-refractivity contribution in [3.8, 4) is 11.5 Å². The average molecular weight is 750 g/mol. The first-order valence-electron chi connectivity index (χ1n) is 18.0. The Morgan fingerprint density at radius 3 is 1.92 bits per heavy atom. The van der Waals surface area contributed by atoms with Crippen molar-refractivity contribution in [2.75, 3.05) is 13.4 Å². The Kier molecular flexibility index (Phi) is 11.0. The van der Waals surface area contributed by atoms with Crippen molar-refractivity contribution >= 4 is 54.2 Å². The van der Waals surface area contributed by atoms with E-state index in [1.807, 2.05) is 97.9 Å². The lowest BCUT2D eigenvalue weighted by Crippen LogP contribution is -2.69. The molecule has 0 aliphatic carbocycles. The molecular formula is C43H48NO7PSi. The van der Waals surface area contributed by atoms with E-state index >= 15 is 4.79 Å². The van der Waals surface area contributed by atoms with E-state index in [9.17, 15) is 9.59 Å². The number of carbonyl (C=O) groups is 3. The van der Waals surface area contributed by atoms with Crippen LogP contribution in [0.15, 0.2) is 122 Å². The van der Waals surface area contributed by atoms with Gasteiger partial charge < -0.3 is 23.5 Å². The molecule has 2 aliphatic heterocycles. The third-order valence-corrected chi connectivity index (χ3v) is 19.5. The van der Waals surface area contributed by atoms with E-state index in [2.05, 4.69) is 40.4 Å². The van der Waals surface area contributed by atoms with E-state index in [1.165, 1.54) is 6.08 Å². The zero-order valence-electron chi connectivity index (χ0n) is 31.3. The molecule has 53 heavy (non-hydrogen) atoms. The normalized spacial score (nSPS) is 17.5. The van der Waals surface area contributed by atoms with Crippen molar-refractivity contribution in [1.82, 2.24) is 4.90 Å². The molecule has 2 aliphatic rings. The number of rotatable bonds is 13. The highest BCUT2D eigenvalue weighted by Gasteiger charge is 2.57. The number of amides is 1. The van der Waals surface area contributed by atoms with Gasteiger partial charge in [0.15, 0.2) is 25.6 Å². The smallest absolute Gasteiger partial charge is 0.356 e. The highest BCUT2D eigenvalue weighted by molar-refractivity contribution is 7.96. The summed E-state index contributed by atoms with van der Waals surface area (Å²) in [5.41, 5.74) is 0.642. The molecule has 3 atom stereocenters. The van der Waals surface area contributed by atoms with E-state index in [0.717, 1.165) is 15.9 Å². The van der Waals surface area contributed by atoms with Gasteiger partial charge in [0.25, 0.3) is 0 Å². The molecule has 0 aromatic heterocycles. The largest absolute Gasteiger partial charge is 0.457 e. The molecule has 8 nitrogen and oxygen atoms in total. The lowest BCUT2D eigenvalue weighted by atomic mass is 9.79. The van der Waals surface area contributed by atoms with Crippen LogP contribution in [0.25, 0.3) is 0 Å². The van der Waals surface area contributed by atoms with Gasteiger partial charge in [-0.1, -0.05) is 124 Å². The Morgan fingerprint density at radius 1 is 0.887 bits per heavy atom. The van der Waals surface area contributed by atoms with Gasteiger partial charge in [-0.3, -0.25) is 9.59 Å². The van der Waals surface area contributed by atoms with Crippen LogP contribution < -0.4 is 25.4 Å². The number of β-lactam (4-membered cyclic amide) rings is 1. The fourth-order valence-corrected chi connectivity index (χ4v) is 12.8. The second-order valence-electron chi connectivity index (χ2n) is 15.0. The summed E-state index contributed by atoms with van der Waals surface area (Å²) in [7, 11) is -2.36. The van der Waals surface area contributed by atoms with Gasteiger partial charge in [-0.05, 0) is 59.2 Å². The van der Waals surface area contributed by atoms with Gasteiger partial charge in [0, 0.05) is 18.9 Å². The molecule has 0 bridgehead atoms. The molecule has 1 saturated heterocycles. The van der Waals surface area contributed by atoms with Crippen LogP contribution in [0.3, 0.4) is 0 Å². The number of Topliss-reactive ketones (excluding diaryl/α,β-unsaturated/α-hetero) is 1. The zero-order valence-corrected chi connectivity index (χ0v) is 33.2. The lowest BCUT2D eigenvalue weighted by molar-refractivity contribution is -0.156. The molecule has 0 radical (unpaired) electrons. The van der Waals surface area contributed by atoms with Crippen LogP contribution in [-0.2, 0) is 18.8 Å². The molecule has 1 fully saturated rings. The molecule has 0 N–H and O–H groups in total. The quantitative estimate of drug-likeness (QED) is 0.0361. The minimum Gasteiger partial charge on any atom is -0.457 e. The Balaban J connectivity index is 1.62. The Labute approximate surface area is 313 Å². The maximum atomic E-state index is 15.1. The van der Waals surface area contributed by atoms with Crippen LogP contribution in [0, 0.1) is 5.92 Å². The predicted molar refractivity (Wildman–Crippen MR) is 215 cm³/mol. The molecular weight excluding hydrogens is 702 g/mol. The minimum absolute atomic E-state index is 0.0577. The van der Waals surface area contributed by atoms with E-state index in [4.69, 9.17) is 18.6 Å². The summed E-state index contributed by atoms with van der Waals surface area (Å²) in [6.07, 6.45) is 0.926. The Bertz CT molecular complexity index is 1940. The number of hydrogen-bond donors (Lipinski definition) is 0. The third-order valence-electron chi connectivity index (χ3n) is 10.6. The minimum atomic E-state index is -3.17. The monoisotopic (exact) mass is 749 g/mol. The first-order valence-corrected chi connectivity index (χ1v) is 22.7. The molecule has 0 saturated carbocycles. The summed E-state index contributed by atoms with van der Waals surface area (Å²) < 4.78 is 23.9. The fourth-order valence-electron chi connectivity index (χ4n) is 7.02. The maximum absolute atomic E-state index is 15.1. The highest BCUT2D eigenvalue weighted by Crippen LogP contribution is 2.51. The molecule has 0 unspecified atom stereocenters. The number of fused-ring (bicyclic) bond motifs is 1. The third kappa shape index (κ3) is 7.18. The summed E-state index contributed by atoms with van der Waals surface area (Å²) in [6.45, 7) is 13.3. The SMILES string of the molecule is C=CCOC(=O)C(N1C(=O)[C@H]([C@@H](C)O[Si](C)(C)C(C)(C)C)[C@H]1CC(=O)c1ccc2c(c1)OCO2)=P(c1ccccc1)(c1ccccc1)c1ccccc1. The number of ether oxygens (including phenoxy) is 3. The van der Waals surface area contributed by atoms with Gasteiger partial charge in [-0.15, -0.1) is 0 Å². The van der Waals surface area contributed by atoms with Crippen molar-refractivity contribution in [2.45, 2.75) is 64.4 Å². The van der Waals surface area contributed by atoms with E-state index in [1.54, 1.807) is 23.1 Å². The van der Waals surface area contributed by atoms with E-state index < -0.39 is 39.2 Å². The topological polar surface area (TPSA) is 91.4 Å². The molecule has 1 amide bonds. The number of carbonyl (C=O) groups excluding carboxylic acids is 3. The molecule has 276 valence electrons. The van der Waals surface area contributed by atoms with Gasteiger partial charge >= 0.3 is 5.97 Å². The van der Waals surface area contributed by atoms with Crippen LogP contribution in [0.1, 0.15) is 44.5 Å². The number of benzene rings is 4. The van der Waals surface area contributed by atoms with Crippen LogP contribution in [0.2, 0.25) is 18.1 Å². The Hall–Kier alpha value is -4.69. The summed E-state index contributed by atoms with van der Waals surface area (Å²) in [4.78, 5) is 45.9. The van der Waals surface area contributed by atoms with Gasteiger partial charge in [0.2, 0.25) is 12.7 Å². The number of ketones is 1. The standard InChI is InChI=1S/C43H48NO7PSi/c1-8-26-48-42(47)41(52(32-18-12-9-13-19-32,33-20-14-10-15-21-33)34-22-16-11-17-23-34)44-35(28-36(45)31-24-25-37-38(27-31)50-29-49-37)39(40(44)46)30(2)51-53(6,7)43(3,4)5/h8-25,27,30,35,39H,1,26,28-29H2,2-7H3/t30-,35-,39-/m1/s1. The fraction of sp³-hybridized carbons (Fsp3) is 0.302. The van der Waals surface area contributed by atoms with Crippen molar-refractivity contribution in [1.29, 1.82) is 0 Å². The summed E-state index contributed by atoms with van der Waals surface area (Å²) in [5, 5.41) is 2.48. The molecule has 6 rings (SSSR count). The molecule has 2 heterocycles. The second-order valence-corrected chi connectivity index (χ2v) is 23.0. The average Bonchev–Trinajstić information content (AvgIpc) is 3.62. The number of esters is 1. The summed E-state index contributed by atoms with van der Waals surface area (Å²) in [5.74, 6) is -0.755. The van der Waals surface area contributed by atoms with Gasteiger partial charge in [0.05, 0.1) is 18.1 Å². The van der Waals surface area contributed by atoms with Crippen molar-refractivity contribution in [2.24, 2.45) is 5.92 Å². The first-order chi connectivity index (χ1) is 25.3. The number of nitrogens with zero attached hydrogens (tertiary/aromatic N) is 1. The summed E-state index contributed by atoms with van der Waals surface area (Å²) in [6, 6.07) is 33.9. The molecule has 10 heteroatoms. The van der Waals surface area contributed by atoms with Crippen molar-refractivity contribution in [3.05, 3.63) is 127 Å². The van der Waals surface area contributed by atoms with Crippen molar-refractivity contribution < 1.29 is 33.0 Å². The lowest BCUT2D eigenvalue weighted by Gasteiger charge is -2.53. The van der Waals surface area contributed by atoms with Crippen molar-refractivity contribution in [3.63, 3.8) is 0 Å². The van der Waals surface area contributed by atoms with Gasteiger partial charge in [0.1, 0.15) is 12.0 Å². The molecule has 4 aromatic carbocycles. The summed E-state index contributed by atoms with van der Waals surface area (Å²) >= 11 is 0. The zero-order chi connectivity index (χ0) is 38.0. The van der Waals surface area contributed by atoms with Gasteiger partial charge in [-0.2, -0.15) is 0 Å². The van der Waals surface area contributed by atoms with Crippen LogP contribution in [0.4, 0.5) is 0 Å². The number of hydrogen-bond acceptors (Lipinski definition) is 7. The van der Waals surface area contributed by atoms with Gasteiger partial charge in [-0.25, -0.2) is 4.79 Å². The van der Waals surface area contributed by atoms with E-state index in [-0.39, 0.29) is 42.0 Å². The Morgan fingerprint density at radius 2 is 1.42 bits per heavy atom. The first kappa shape index (κ1) is 38.0. The number of likely N-dealkylation sites (tertiary alicyclic amines) is 1. The predicted octanol–water partition coefficient (Wildman–Crippen LogP) is 7.08. The van der Waals surface area contributed by atoms with Crippen LogP contribution >= 0.6 is 6.89 Å². The van der Waals surface area contributed by atoms with Crippen LogP contribution in [-0.4, -0.2) is 61.8 Å². The van der Waals surface area contributed by atoms with E-state index in [0.29, 0.717) is 17.1 Å². The molecule has 4 aromatic rings. The molecule has 0 spiro atoms. The maximum Gasteiger partial charge on any atom is 0.356 e. The second kappa shape index (κ2) is 15.3.